The predicted molar refractivity (Wildman–Crippen MR) is 65.3 cm³/mol. The first-order valence-corrected chi connectivity index (χ1v) is 6.72. The van der Waals surface area contributed by atoms with Crippen molar-refractivity contribution in [2.24, 2.45) is 0 Å². The summed E-state index contributed by atoms with van der Waals surface area (Å²) in [4.78, 5) is 0. The highest BCUT2D eigenvalue weighted by Crippen LogP contribution is 2.17. The maximum absolute atomic E-state index is 11.4. The quantitative estimate of drug-likeness (QED) is 0.765. The molecule has 78 valence electrons. The standard InChI is InChI=1S/C11H17NOS/c1-9(2)10-5-7-11(8-6-10)12-14(3,4)13/h5-9H,3H2,1-2,4H3,(H,12,13). The van der Waals surface area contributed by atoms with E-state index in [1.165, 1.54) is 5.56 Å². The zero-order valence-corrected chi connectivity index (χ0v) is 9.73. The molecule has 1 aromatic rings. The Morgan fingerprint density at radius 2 is 1.79 bits per heavy atom. The molecule has 3 heteroatoms. The summed E-state index contributed by atoms with van der Waals surface area (Å²) in [6.45, 7) is 4.29. The van der Waals surface area contributed by atoms with E-state index in [2.05, 4.69) is 24.4 Å². The largest absolute Gasteiger partial charge is 0.313 e. The number of hydrogen-bond acceptors (Lipinski definition) is 1. The minimum atomic E-state index is -2.16. The van der Waals surface area contributed by atoms with Crippen LogP contribution < -0.4 is 4.72 Å². The molecule has 0 saturated heterocycles. The van der Waals surface area contributed by atoms with Crippen LogP contribution in [0.1, 0.15) is 25.3 Å². The molecule has 0 aliphatic rings. The van der Waals surface area contributed by atoms with Gasteiger partial charge in [-0.15, -0.1) is 0 Å². The van der Waals surface area contributed by atoms with Crippen molar-refractivity contribution in [3.63, 3.8) is 0 Å². The maximum atomic E-state index is 11.4. The second-order valence-electron chi connectivity index (χ2n) is 3.88. The lowest BCUT2D eigenvalue weighted by molar-refractivity contribution is 0.688. The van der Waals surface area contributed by atoms with Crippen molar-refractivity contribution >= 4 is 21.3 Å². The molecule has 0 saturated carbocycles. The molecular formula is C11H17NOS. The summed E-state index contributed by atoms with van der Waals surface area (Å²) in [5.74, 6) is 4.06. The Kier molecular flexibility index (Phi) is 3.21. The van der Waals surface area contributed by atoms with E-state index in [4.69, 9.17) is 0 Å². The molecule has 0 radical (unpaired) electrons. The minimum absolute atomic E-state index is 0.523. The number of hydrogen-bond donors (Lipinski definition) is 1. The van der Waals surface area contributed by atoms with Gasteiger partial charge in [0.05, 0.1) is 0 Å². The molecule has 0 fully saturated rings. The van der Waals surface area contributed by atoms with Gasteiger partial charge < -0.3 is 4.72 Å². The van der Waals surface area contributed by atoms with Gasteiger partial charge in [-0.2, -0.15) is 0 Å². The molecule has 1 rings (SSSR count). The first-order valence-electron chi connectivity index (χ1n) is 4.58. The van der Waals surface area contributed by atoms with Gasteiger partial charge in [0.1, 0.15) is 0 Å². The fourth-order valence-corrected chi connectivity index (χ4v) is 1.82. The van der Waals surface area contributed by atoms with Gasteiger partial charge >= 0.3 is 0 Å². The third-order valence-corrected chi connectivity index (χ3v) is 2.58. The fourth-order valence-electron chi connectivity index (χ4n) is 1.19. The van der Waals surface area contributed by atoms with Crippen LogP contribution >= 0.6 is 0 Å². The van der Waals surface area contributed by atoms with E-state index in [9.17, 15) is 4.21 Å². The van der Waals surface area contributed by atoms with Crippen LogP contribution in [0.15, 0.2) is 24.3 Å². The molecule has 1 unspecified atom stereocenters. The van der Waals surface area contributed by atoms with Gasteiger partial charge in [0, 0.05) is 21.7 Å². The van der Waals surface area contributed by atoms with Crippen molar-refractivity contribution in [2.45, 2.75) is 19.8 Å². The molecule has 14 heavy (non-hydrogen) atoms. The maximum Gasteiger partial charge on any atom is 0.0456 e. The molecular weight excluding hydrogens is 194 g/mol. The molecule has 0 amide bonds. The van der Waals surface area contributed by atoms with Gasteiger partial charge in [-0.05, 0) is 29.5 Å². The Labute approximate surface area is 86.5 Å². The molecule has 0 aliphatic heterocycles. The second kappa shape index (κ2) is 4.05. The van der Waals surface area contributed by atoms with Crippen molar-refractivity contribution in [3.05, 3.63) is 29.8 Å². The summed E-state index contributed by atoms with van der Waals surface area (Å²) < 4.78 is 14.2. The van der Waals surface area contributed by atoms with Crippen LogP contribution in [0.2, 0.25) is 0 Å². The van der Waals surface area contributed by atoms with Crippen LogP contribution in [0.4, 0.5) is 5.69 Å². The van der Waals surface area contributed by atoms with Crippen molar-refractivity contribution in [2.75, 3.05) is 11.0 Å². The van der Waals surface area contributed by atoms with Crippen LogP contribution in [0.25, 0.3) is 0 Å². The first kappa shape index (κ1) is 11.1. The third kappa shape index (κ3) is 3.42. The normalized spacial score (nSPS) is 15.1. The Bertz CT molecular complexity index is 390. The van der Waals surface area contributed by atoms with Crippen LogP contribution in [0, 0.1) is 0 Å². The fraction of sp³-hybridized carbons (Fsp3) is 0.364. The Balaban J connectivity index is 2.84. The van der Waals surface area contributed by atoms with E-state index < -0.39 is 9.71 Å². The highest BCUT2D eigenvalue weighted by molar-refractivity contribution is 8.00. The molecule has 1 aromatic carbocycles. The number of nitrogens with one attached hydrogen (secondary N) is 1. The highest BCUT2D eigenvalue weighted by atomic mass is 32.2. The van der Waals surface area contributed by atoms with E-state index in [1.807, 2.05) is 24.3 Å². The van der Waals surface area contributed by atoms with E-state index in [0.717, 1.165) is 5.69 Å². The number of benzene rings is 1. The molecule has 0 aromatic heterocycles. The number of anilines is 1. The summed E-state index contributed by atoms with van der Waals surface area (Å²) in [5, 5.41) is 0. The van der Waals surface area contributed by atoms with Crippen LogP contribution in [0.5, 0.6) is 0 Å². The van der Waals surface area contributed by atoms with Crippen molar-refractivity contribution in [3.8, 4) is 0 Å². The third-order valence-electron chi connectivity index (χ3n) is 1.91. The summed E-state index contributed by atoms with van der Waals surface area (Å²) in [6, 6.07) is 7.95. The Hall–Kier alpha value is -0.960. The van der Waals surface area contributed by atoms with Crippen molar-refractivity contribution in [1.82, 2.24) is 0 Å². The monoisotopic (exact) mass is 211 g/mol. The molecule has 0 aliphatic carbocycles. The average Bonchev–Trinajstić information content (AvgIpc) is 2.02. The molecule has 0 heterocycles. The lowest BCUT2D eigenvalue weighted by atomic mass is 10.0. The average molecular weight is 211 g/mol. The summed E-state index contributed by atoms with van der Waals surface area (Å²) >= 11 is 0. The summed E-state index contributed by atoms with van der Waals surface area (Å²) in [5.41, 5.74) is 2.14. The van der Waals surface area contributed by atoms with Crippen molar-refractivity contribution in [1.29, 1.82) is 0 Å². The summed E-state index contributed by atoms with van der Waals surface area (Å²) in [7, 11) is -2.16. The summed E-state index contributed by atoms with van der Waals surface area (Å²) in [6.07, 6.45) is 1.59. The van der Waals surface area contributed by atoms with Gasteiger partial charge in [-0.25, -0.2) is 4.21 Å². The van der Waals surface area contributed by atoms with Crippen LogP contribution in [0.3, 0.4) is 0 Å². The number of rotatable bonds is 3. The van der Waals surface area contributed by atoms with E-state index in [-0.39, 0.29) is 0 Å². The molecule has 0 bridgehead atoms. The molecule has 1 N–H and O–H groups in total. The van der Waals surface area contributed by atoms with Crippen LogP contribution in [-0.2, 0) is 9.71 Å². The lowest BCUT2D eigenvalue weighted by Gasteiger charge is -2.09. The SMILES string of the molecule is C=S(C)(=O)Nc1ccc(C(C)C)cc1. The zero-order chi connectivity index (χ0) is 10.8. The second-order valence-corrected chi connectivity index (χ2v) is 6.10. The topological polar surface area (TPSA) is 29.1 Å². The van der Waals surface area contributed by atoms with E-state index in [0.29, 0.717) is 5.92 Å². The smallest absolute Gasteiger partial charge is 0.0456 e. The van der Waals surface area contributed by atoms with Gasteiger partial charge in [0.15, 0.2) is 0 Å². The highest BCUT2D eigenvalue weighted by Gasteiger charge is 1.99. The molecule has 0 spiro atoms. The molecule has 1 atom stereocenters. The van der Waals surface area contributed by atoms with Gasteiger partial charge in [-0.3, -0.25) is 0 Å². The first-order chi connectivity index (χ1) is 6.38. The predicted octanol–water partition coefficient (Wildman–Crippen LogP) is 2.48. The van der Waals surface area contributed by atoms with Gasteiger partial charge in [0.2, 0.25) is 0 Å². The van der Waals surface area contributed by atoms with Crippen molar-refractivity contribution < 1.29 is 4.21 Å². The zero-order valence-electron chi connectivity index (χ0n) is 8.91. The van der Waals surface area contributed by atoms with Gasteiger partial charge in [0.25, 0.3) is 0 Å². The lowest BCUT2D eigenvalue weighted by Crippen LogP contribution is -2.09. The molecule has 2 nitrogen and oxygen atoms in total. The Morgan fingerprint density at radius 3 is 2.14 bits per heavy atom. The van der Waals surface area contributed by atoms with E-state index in [1.54, 1.807) is 6.26 Å². The van der Waals surface area contributed by atoms with Crippen LogP contribution in [-0.4, -0.2) is 16.3 Å². The van der Waals surface area contributed by atoms with E-state index >= 15 is 0 Å². The Morgan fingerprint density at radius 1 is 1.29 bits per heavy atom. The van der Waals surface area contributed by atoms with Gasteiger partial charge in [-0.1, -0.05) is 26.0 Å². The minimum Gasteiger partial charge on any atom is -0.313 e.